The zero-order valence-corrected chi connectivity index (χ0v) is 50.4. The fourth-order valence-corrected chi connectivity index (χ4v) is 6.88. The minimum Gasteiger partial charge on any atom is -0.459 e. The van der Waals surface area contributed by atoms with E-state index in [9.17, 15) is 47.9 Å². The Kier molecular flexibility index (Phi) is 25.4. The van der Waals surface area contributed by atoms with Crippen molar-refractivity contribution in [2.24, 2.45) is 28.1 Å². The van der Waals surface area contributed by atoms with Crippen LogP contribution in [-0.4, -0.2) is 119 Å². The van der Waals surface area contributed by atoms with Crippen molar-refractivity contribution in [2.75, 3.05) is 0 Å². The van der Waals surface area contributed by atoms with Crippen molar-refractivity contribution >= 4 is 59.7 Å². The van der Waals surface area contributed by atoms with Gasteiger partial charge in [-0.05, 0) is 136 Å². The smallest absolute Gasteiger partial charge is 0.312 e. The molecule has 0 saturated carbocycles. The Balaban J connectivity index is 0.000000481. The Morgan fingerprint density at radius 3 is 1.18 bits per heavy atom. The molecule has 5 aliphatic rings. The third-order valence-corrected chi connectivity index (χ3v) is 15.3. The SMILES string of the molecule is CCC(C)(C)C(=O)OC1(C)CC(=O)OC1C.CCC(C)(C)C(=O)OC1CC(=O)OC1(C)C.CCC(C)(C)C(=O)OC1CC(=O)OC1C.CCC(C)C(=O)OC1(C)CC(=O)OC1C.CCC(C)C(=O)OC1CC(=O)OC1(C)C. The molecular formula is C57H94O20. The second-order valence-corrected chi connectivity index (χ2v) is 24.1. The van der Waals surface area contributed by atoms with E-state index in [0.717, 1.165) is 12.8 Å². The maximum Gasteiger partial charge on any atom is 0.312 e. The predicted octanol–water partition coefficient (Wildman–Crippen LogP) is 9.13. The minimum absolute atomic E-state index is 0.128. The topological polar surface area (TPSA) is 263 Å². The largest absolute Gasteiger partial charge is 0.459 e. The first-order chi connectivity index (χ1) is 35.0. The molecule has 10 atom stereocenters. The molecule has 0 spiro atoms. The van der Waals surface area contributed by atoms with E-state index >= 15 is 0 Å². The molecule has 442 valence electrons. The van der Waals surface area contributed by atoms with Crippen molar-refractivity contribution in [3.05, 3.63) is 0 Å². The summed E-state index contributed by atoms with van der Waals surface area (Å²) in [5.74, 6) is -3.11. The zero-order valence-electron chi connectivity index (χ0n) is 50.4. The van der Waals surface area contributed by atoms with E-state index in [2.05, 4.69) is 0 Å². The predicted molar refractivity (Wildman–Crippen MR) is 280 cm³/mol. The molecule has 10 unspecified atom stereocenters. The normalized spacial score (nSPS) is 27.7. The summed E-state index contributed by atoms with van der Waals surface area (Å²) in [5, 5.41) is 0. The van der Waals surface area contributed by atoms with Crippen LogP contribution >= 0.6 is 0 Å². The number of hydrogen-bond acceptors (Lipinski definition) is 20. The average molecular weight is 1100 g/mol. The van der Waals surface area contributed by atoms with Gasteiger partial charge < -0.3 is 47.4 Å². The average Bonchev–Trinajstić information content (AvgIpc) is 4.03. The molecule has 5 rings (SSSR count). The van der Waals surface area contributed by atoms with Gasteiger partial charge in [0, 0.05) is 0 Å². The molecule has 0 bridgehead atoms. The second kappa shape index (κ2) is 28.0. The lowest BCUT2D eigenvalue weighted by Crippen LogP contribution is -2.42. The van der Waals surface area contributed by atoms with Crippen molar-refractivity contribution in [2.45, 2.75) is 276 Å². The van der Waals surface area contributed by atoms with Crippen LogP contribution in [0.4, 0.5) is 0 Å². The van der Waals surface area contributed by atoms with Crippen molar-refractivity contribution in [3.63, 3.8) is 0 Å². The zero-order chi connectivity index (χ0) is 60.0. The van der Waals surface area contributed by atoms with Gasteiger partial charge in [-0.1, -0.05) is 48.5 Å². The summed E-state index contributed by atoms with van der Waals surface area (Å²) in [6.07, 6.45) is 1.94. The van der Waals surface area contributed by atoms with Crippen molar-refractivity contribution < 1.29 is 95.3 Å². The molecule has 20 heteroatoms. The number of ether oxygens (including phenoxy) is 10. The van der Waals surface area contributed by atoms with Crippen LogP contribution in [0, 0.1) is 28.1 Å². The molecule has 77 heavy (non-hydrogen) atoms. The molecule has 5 fully saturated rings. The summed E-state index contributed by atoms with van der Waals surface area (Å²) < 4.78 is 51.7. The third kappa shape index (κ3) is 20.5. The van der Waals surface area contributed by atoms with Gasteiger partial charge in [-0.15, -0.1) is 0 Å². The lowest BCUT2D eigenvalue weighted by molar-refractivity contribution is -0.174. The van der Waals surface area contributed by atoms with E-state index in [1.807, 2.05) is 90.0 Å². The molecule has 0 aliphatic carbocycles. The minimum atomic E-state index is -0.819. The lowest BCUT2D eigenvalue weighted by atomic mass is 9.89. The van der Waals surface area contributed by atoms with Crippen LogP contribution in [0.5, 0.6) is 0 Å². The quantitative estimate of drug-likeness (QED) is 0.109. The molecule has 0 aromatic rings. The van der Waals surface area contributed by atoms with Gasteiger partial charge in [0.2, 0.25) is 0 Å². The fraction of sp³-hybridized carbons (Fsp3) is 0.825. The second-order valence-electron chi connectivity index (χ2n) is 24.1. The van der Waals surface area contributed by atoms with Gasteiger partial charge in [0.25, 0.3) is 0 Å². The summed E-state index contributed by atoms with van der Waals surface area (Å²) in [6.45, 7) is 40.0. The summed E-state index contributed by atoms with van der Waals surface area (Å²) in [6, 6.07) is 0. The molecule has 0 aromatic heterocycles. The fourth-order valence-electron chi connectivity index (χ4n) is 6.88. The van der Waals surface area contributed by atoms with Crippen LogP contribution in [0.1, 0.15) is 217 Å². The standard InChI is InChI=1S/2C12H20O4.3C11H18O4/c1-6-11(2,3)10(14)15-8-7-9(13)16-12(8,4)5;1-6-11(3,4)10(14)16-12(5)7-9(13)15-8(12)2;1-5-11(3,4)10(13)15-8-6-9(12)14-7(8)2;1-5-7(2)10(13)14-8-6-9(12)15-11(8,3)4;1-5-7(2)10(13)15-11(4)6-9(12)14-8(11)3/h2*8H,6-7H2,1-5H3;3*7-8H,5-6H2,1-4H3. The summed E-state index contributed by atoms with van der Waals surface area (Å²) >= 11 is 0. The number of hydrogen-bond donors (Lipinski definition) is 0. The molecule has 5 saturated heterocycles. The Bertz CT molecular complexity index is 2100. The van der Waals surface area contributed by atoms with Gasteiger partial charge in [0.1, 0.15) is 35.6 Å². The molecule has 0 amide bonds. The number of esters is 10. The van der Waals surface area contributed by atoms with Gasteiger partial charge in [0.15, 0.2) is 23.4 Å². The van der Waals surface area contributed by atoms with Gasteiger partial charge in [-0.2, -0.15) is 0 Å². The van der Waals surface area contributed by atoms with Crippen molar-refractivity contribution in [1.82, 2.24) is 0 Å². The number of carbonyl (C=O) groups is 10. The van der Waals surface area contributed by atoms with Crippen LogP contribution in [0.3, 0.4) is 0 Å². The van der Waals surface area contributed by atoms with Crippen LogP contribution in [-0.2, 0) is 95.3 Å². The third-order valence-electron chi connectivity index (χ3n) is 15.3. The molecule has 20 nitrogen and oxygen atoms in total. The summed E-state index contributed by atoms with van der Waals surface area (Å²) in [5.41, 5.74) is -4.55. The molecule has 5 aliphatic heterocycles. The molecule has 0 radical (unpaired) electrons. The highest BCUT2D eigenvalue weighted by Gasteiger charge is 2.50. The Labute approximate surface area is 457 Å². The highest BCUT2D eigenvalue weighted by atomic mass is 16.6. The summed E-state index contributed by atoms with van der Waals surface area (Å²) in [7, 11) is 0. The van der Waals surface area contributed by atoms with Gasteiger partial charge in [0.05, 0.1) is 60.2 Å². The maximum absolute atomic E-state index is 11.9. The summed E-state index contributed by atoms with van der Waals surface area (Å²) in [4.78, 5) is 114. The van der Waals surface area contributed by atoms with E-state index in [4.69, 9.17) is 47.4 Å². The molecule has 0 aromatic carbocycles. The van der Waals surface area contributed by atoms with Crippen LogP contribution in [0.15, 0.2) is 0 Å². The Morgan fingerprint density at radius 1 is 0.494 bits per heavy atom. The first-order valence-electron chi connectivity index (χ1n) is 27.1. The molecular weight excluding hydrogens is 1000 g/mol. The Morgan fingerprint density at radius 2 is 0.857 bits per heavy atom. The Hall–Kier alpha value is -5.30. The number of cyclic esters (lactones) is 5. The van der Waals surface area contributed by atoms with Crippen molar-refractivity contribution in [3.8, 4) is 0 Å². The van der Waals surface area contributed by atoms with E-state index in [-0.39, 0.29) is 122 Å². The van der Waals surface area contributed by atoms with E-state index in [1.54, 1.807) is 62.3 Å². The van der Waals surface area contributed by atoms with Crippen molar-refractivity contribution in [1.29, 1.82) is 0 Å². The molecule has 5 heterocycles. The maximum atomic E-state index is 11.9. The first kappa shape index (κ1) is 69.7. The van der Waals surface area contributed by atoms with Gasteiger partial charge in [-0.3, -0.25) is 47.9 Å². The van der Waals surface area contributed by atoms with Crippen LogP contribution in [0.2, 0.25) is 0 Å². The van der Waals surface area contributed by atoms with E-state index in [0.29, 0.717) is 19.3 Å². The highest BCUT2D eigenvalue weighted by molar-refractivity contribution is 5.81. The first-order valence-corrected chi connectivity index (χ1v) is 27.1. The van der Waals surface area contributed by atoms with Crippen LogP contribution < -0.4 is 0 Å². The van der Waals surface area contributed by atoms with Gasteiger partial charge >= 0.3 is 59.7 Å². The van der Waals surface area contributed by atoms with E-state index < -0.39 is 57.0 Å². The monoisotopic (exact) mass is 1100 g/mol. The van der Waals surface area contributed by atoms with Crippen LogP contribution in [0.25, 0.3) is 0 Å². The molecule has 0 N–H and O–H groups in total. The van der Waals surface area contributed by atoms with E-state index in [1.165, 1.54) is 0 Å². The van der Waals surface area contributed by atoms with Gasteiger partial charge in [-0.25, -0.2) is 0 Å². The number of rotatable bonds is 15. The lowest BCUT2D eigenvalue weighted by Gasteiger charge is -2.30. The highest BCUT2D eigenvalue weighted by Crippen LogP contribution is 2.36. The number of carbonyl (C=O) groups excluding carboxylic acids is 10.